The molecular weight excluding hydrogens is 370 g/mol. The fourth-order valence-electron chi connectivity index (χ4n) is 2.44. The van der Waals surface area contributed by atoms with E-state index in [2.05, 4.69) is 9.71 Å². The molecule has 1 aromatic heterocycles. The monoisotopic (exact) mass is 387 g/mol. The lowest BCUT2D eigenvalue weighted by atomic mass is 10.1. The van der Waals surface area contributed by atoms with Gasteiger partial charge in [-0.25, -0.2) is 13.4 Å². The molecule has 1 heterocycles. The molecule has 0 aliphatic heterocycles. The summed E-state index contributed by atoms with van der Waals surface area (Å²) in [5, 5.41) is 0.176. The second-order valence-electron chi connectivity index (χ2n) is 5.74. The Labute approximate surface area is 155 Å². The summed E-state index contributed by atoms with van der Waals surface area (Å²) in [5.74, 6) is -0.140. The van der Waals surface area contributed by atoms with Crippen molar-refractivity contribution in [2.45, 2.75) is 18.7 Å². The summed E-state index contributed by atoms with van der Waals surface area (Å²) >= 11 is 1.03. The van der Waals surface area contributed by atoms with Crippen molar-refractivity contribution in [3.05, 3.63) is 59.1 Å². The number of carbonyl (C=O) groups excluding carboxylic acids is 1. The number of Topliss-reactive ketones (excluding diaryl/α,β-unsaturated/α-hetero) is 1. The fraction of sp³-hybridized carbons (Fsp3) is 0.111. The number of hydrogen-bond acceptors (Lipinski definition) is 6. The van der Waals surface area contributed by atoms with Gasteiger partial charge in [0.1, 0.15) is 0 Å². The van der Waals surface area contributed by atoms with E-state index in [9.17, 15) is 13.2 Å². The Hall–Kier alpha value is -2.71. The molecule has 0 aliphatic rings. The number of nitrogens with zero attached hydrogens (tertiary/aromatic N) is 1. The van der Waals surface area contributed by atoms with E-state index < -0.39 is 10.0 Å². The number of benzene rings is 2. The fourth-order valence-corrected chi connectivity index (χ4v) is 4.54. The SMILES string of the molecule is CC(=O)c1sc(NS(=O)(=O)c2ccc(-c3ccc(N)cc3)cc2)nc1C. The standard InChI is InChI=1S/C18H17N3O3S2/c1-11-17(12(2)22)25-18(20-11)21-26(23,24)16-9-5-14(6-10-16)13-3-7-15(19)8-4-13/h3-10H,19H2,1-2H3,(H,20,21). The maximum absolute atomic E-state index is 12.5. The van der Waals surface area contributed by atoms with Crippen molar-refractivity contribution in [2.75, 3.05) is 10.5 Å². The van der Waals surface area contributed by atoms with Gasteiger partial charge in [0, 0.05) is 12.6 Å². The van der Waals surface area contributed by atoms with Crippen LogP contribution in [0.25, 0.3) is 11.1 Å². The van der Waals surface area contributed by atoms with Gasteiger partial charge in [0.15, 0.2) is 10.9 Å². The second-order valence-corrected chi connectivity index (χ2v) is 8.42. The van der Waals surface area contributed by atoms with Gasteiger partial charge in [-0.15, -0.1) is 0 Å². The highest BCUT2D eigenvalue weighted by molar-refractivity contribution is 7.93. The first kappa shape index (κ1) is 18.1. The van der Waals surface area contributed by atoms with Crippen molar-refractivity contribution < 1.29 is 13.2 Å². The van der Waals surface area contributed by atoms with Crippen molar-refractivity contribution in [1.29, 1.82) is 0 Å². The predicted octanol–water partition coefficient (Wildman–Crippen LogP) is 3.70. The number of rotatable bonds is 5. The molecule has 3 rings (SSSR count). The highest BCUT2D eigenvalue weighted by Gasteiger charge is 2.19. The van der Waals surface area contributed by atoms with Crippen LogP contribution in [0.1, 0.15) is 22.3 Å². The molecule has 3 aromatic rings. The van der Waals surface area contributed by atoms with Crippen LogP contribution in [-0.2, 0) is 10.0 Å². The molecule has 0 saturated heterocycles. The molecule has 0 bridgehead atoms. The molecule has 8 heteroatoms. The van der Waals surface area contributed by atoms with Crippen LogP contribution in [0.2, 0.25) is 0 Å². The number of nitrogen functional groups attached to an aromatic ring is 1. The maximum Gasteiger partial charge on any atom is 0.263 e. The van der Waals surface area contributed by atoms with E-state index in [1.54, 1.807) is 31.2 Å². The predicted molar refractivity (Wildman–Crippen MR) is 104 cm³/mol. The highest BCUT2D eigenvalue weighted by atomic mass is 32.2. The topological polar surface area (TPSA) is 102 Å². The Morgan fingerprint density at radius 2 is 1.58 bits per heavy atom. The minimum atomic E-state index is -3.78. The van der Waals surface area contributed by atoms with E-state index in [0.717, 1.165) is 22.5 Å². The normalized spacial score (nSPS) is 11.3. The quantitative estimate of drug-likeness (QED) is 0.513. The Morgan fingerprint density at radius 1 is 1.04 bits per heavy atom. The van der Waals surface area contributed by atoms with E-state index in [-0.39, 0.29) is 15.8 Å². The molecule has 0 saturated carbocycles. The first-order chi connectivity index (χ1) is 12.3. The first-order valence-corrected chi connectivity index (χ1v) is 10.0. The number of anilines is 2. The van der Waals surface area contributed by atoms with Gasteiger partial charge in [-0.3, -0.25) is 9.52 Å². The first-order valence-electron chi connectivity index (χ1n) is 7.73. The number of sulfonamides is 1. The van der Waals surface area contributed by atoms with Crippen LogP contribution < -0.4 is 10.5 Å². The number of ketones is 1. The van der Waals surface area contributed by atoms with Crippen molar-refractivity contribution >= 4 is 38.0 Å². The zero-order chi connectivity index (χ0) is 18.9. The van der Waals surface area contributed by atoms with E-state index in [1.807, 2.05) is 12.1 Å². The molecule has 0 fully saturated rings. The van der Waals surface area contributed by atoms with Gasteiger partial charge in [-0.05, 0) is 42.3 Å². The lowest BCUT2D eigenvalue weighted by Gasteiger charge is -2.07. The molecule has 3 N–H and O–H groups in total. The van der Waals surface area contributed by atoms with Crippen LogP contribution in [0, 0.1) is 6.92 Å². The number of thiazole rings is 1. The number of carbonyl (C=O) groups is 1. The Morgan fingerprint density at radius 3 is 2.08 bits per heavy atom. The van der Waals surface area contributed by atoms with Gasteiger partial charge in [-0.1, -0.05) is 35.6 Å². The van der Waals surface area contributed by atoms with Gasteiger partial charge in [0.25, 0.3) is 10.0 Å². The van der Waals surface area contributed by atoms with E-state index in [0.29, 0.717) is 16.3 Å². The van der Waals surface area contributed by atoms with E-state index in [4.69, 9.17) is 5.73 Å². The van der Waals surface area contributed by atoms with E-state index >= 15 is 0 Å². The third-order valence-electron chi connectivity index (χ3n) is 3.75. The molecule has 134 valence electrons. The molecule has 0 amide bonds. The number of aromatic nitrogens is 1. The minimum Gasteiger partial charge on any atom is -0.399 e. The number of hydrogen-bond donors (Lipinski definition) is 2. The average molecular weight is 387 g/mol. The van der Waals surface area contributed by atoms with Crippen LogP contribution in [0.5, 0.6) is 0 Å². The largest absolute Gasteiger partial charge is 0.399 e. The molecule has 6 nitrogen and oxygen atoms in total. The molecular formula is C18H17N3O3S2. The third-order valence-corrected chi connectivity index (χ3v) is 6.40. The molecule has 26 heavy (non-hydrogen) atoms. The van der Waals surface area contributed by atoms with Gasteiger partial charge in [0.2, 0.25) is 0 Å². The van der Waals surface area contributed by atoms with Crippen molar-refractivity contribution in [2.24, 2.45) is 0 Å². The molecule has 0 radical (unpaired) electrons. The molecule has 0 atom stereocenters. The van der Waals surface area contributed by atoms with Crippen molar-refractivity contribution in [1.82, 2.24) is 4.98 Å². The van der Waals surface area contributed by atoms with Crippen LogP contribution in [0.3, 0.4) is 0 Å². The minimum absolute atomic E-state index is 0.119. The molecule has 0 unspecified atom stereocenters. The number of aryl methyl sites for hydroxylation is 1. The summed E-state index contributed by atoms with van der Waals surface area (Å²) in [6, 6.07) is 13.8. The lowest BCUT2D eigenvalue weighted by Crippen LogP contribution is -2.12. The van der Waals surface area contributed by atoms with Crippen LogP contribution in [-0.4, -0.2) is 19.2 Å². The Kier molecular flexibility index (Phi) is 4.80. The summed E-state index contributed by atoms with van der Waals surface area (Å²) in [6.07, 6.45) is 0. The van der Waals surface area contributed by atoms with Crippen LogP contribution in [0.4, 0.5) is 10.8 Å². The van der Waals surface area contributed by atoms with Gasteiger partial charge in [-0.2, -0.15) is 0 Å². The van der Waals surface area contributed by atoms with Crippen LogP contribution >= 0.6 is 11.3 Å². The molecule has 2 aromatic carbocycles. The zero-order valence-corrected chi connectivity index (χ0v) is 15.8. The maximum atomic E-state index is 12.5. The molecule has 0 spiro atoms. The van der Waals surface area contributed by atoms with Crippen molar-refractivity contribution in [3.8, 4) is 11.1 Å². The average Bonchev–Trinajstić information content (AvgIpc) is 2.95. The molecule has 0 aliphatic carbocycles. The highest BCUT2D eigenvalue weighted by Crippen LogP contribution is 2.27. The second kappa shape index (κ2) is 6.89. The smallest absolute Gasteiger partial charge is 0.263 e. The van der Waals surface area contributed by atoms with E-state index in [1.165, 1.54) is 19.1 Å². The summed E-state index contributed by atoms with van der Waals surface area (Å²) in [6.45, 7) is 3.10. The summed E-state index contributed by atoms with van der Waals surface area (Å²) in [4.78, 5) is 16.2. The third kappa shape index (κ3) is 3.76. The summed E-state index contributed by atoms with van der Waals surface area (Å²) in [7, 11) is -3.78. The van der Waals surface area contributed by atoms with Gasteiger partial charge in [0.05, 0.1) is 15.5 Å². The van der Waals surface area contributed by atoms with Crippen LogP contribution in [0.15, 0.2) is 53.4 Å². The zero-order valence-electron chi connectivity index (χ0n) is 14.2. The van der Waals surface area contributed by atoms with Gasteiger partial charge < -0.3 is 5.73 Å². The number of nitrogens with one attached hydrogen (secondary N) is 1. The summed E-state index contributed by atoms with van der Waals surface area (Å²) < 4.78 is 27.5. The number of nitrogens with two attached hydrogens (primary N) is 1. The lowest BCUT2D eigenvalue weighted by molar-refractivity contribution is 0.102. The summed E-state index contributed by atoms with van der Waals surface area (Å²) in [5.41, 5.74) is 8.68. The van der Waals surface area contributed by atoms with Gasteiger partial charge >= 0.3 is 0 Å². The Balaban J connectivity index is 1.84. The Bertz CT molecular complexity index is 1050. The van der Waals surface area contributed by atoms with Crippen molar-refractivity contribution in [3.63, 3.8) is 0 Å².